The van der Waals surface area contributed by atoms with Gasteiger partial charge < -0.3 is 10.2 Å². The van der Waals surface area contributed by atoms with Crippen LogP contribution in [0.4, 0.5) is 0 Å². The van der Waals surface area contributed by atoms with Gasteiger partial charge in [-0.15, -0.1) is 6.42 Å². The molecule has 0 bridgehead atoms. The fraction of sp³-hybridized carbons (Fsp3) is 0.667. The Morgan fingerprint density at radius 1 is 1.50 bits per heavy atom. The first kappa shape index (κ1) is 9.08. The molecule has 0 aromatic heterocycles. The number of carbonyl (C=O) groups excluding carboxylic acids is 1. The molecule has 1 amide bonds. The molecule has 1 N–H and O–H groups in total. The first-order valence-electron chi connectivity index (χ1n) is 4.16. The van der Waals surface area contributed by atoms with Gasteiger partial charge in [0.2, 0.25) is 0 Å². The Labute approximate surface area is 73.1 Å². The number of nitrogens with one attached hydrogen (secondary N) is 1. The van der Waals surface area contributed by atoms with Crippen LogP contribution in [0.2, 0.25) is 0 Å². The predicted octanol–water partition coefficient (Wildman–Crippen LogP) is -0.172. The highest BCUT2D eigenvalue weighted by Crippen LogP contribution is 2.08. The standard InChI is InChI=1S/C9H14N2O/c1-4-9(12)11-7(2)5-10-6-8(11)3/h1,7-8,10H,5-6H2,2-3H3. The van der Waals surface area contributed by atoms with Crippen molar-refractivity contribution >= 4 is 5.91 Å². The van der Waals surface area contributed by atoms with Crippen molar-refractivity contribution in [2.45, 2.75) is 25.9 Å². The van der Waals surface area contributed by atoms with Crippen LogP contribution in [0.3, 0.4) is 0 Å². The van der Waals surface area contributed by atoms with Gasteiger partial charge in [0.25, 0.3) is 5.91 Å². The molecule has 1 rings (SSSR count). The van der Waals surface area contributed by atoms with Crippen LogP contribution in [0.15, 0.2) is 0 Å². The summed E-state index contributed by atoms with van der Waals surface area (Å²) in [5.41, 5.74) is 0. The van der Waals surface area contributed by atoms with Crippen LogP contribution in [0.1, 0.15) is 13.8 Å². The van der Waals surface area contributed by atoms with E-state index < -0.39 is 0 Å². The molecule has 3 heteroatoms. The Balaban J connectivity index is 2.70. The second-order valence-corrected chi connectivity index (χ2v) is 3.21. The highest BCUT2D eigenvalue weighted by molar-refractivity contribution is 5.93. The maximum Gasteiger partial charge on any atom is 0.298 e. The number of amides is 1. The zero-order valence-corrected chi connectivity index (χ0v) is 7.50. The van der Waals surface area contributed by atoms with E-state index in [1.54, 1.807) is 4.90 Å². The first-order valence-corrected chi connectivity index (χ1v) is 4.16. The van der Waals surface area contributed by atoms with Crippen LogP contribution in [0, 0.1) is 12.3 Å². The minimum atomic E-state index is -0.198. The molecule has 1 fully saturated rings. The molecular formula is C9H14N2O. The van der Waals surface area contributed by atoms with Crippen molar-refractivity contribution in [3.63, 3.8) is 0 Å². The van der Waals surface area contributed by atoms with Crippen LogP contribution in [0.25, 0.3) is 0 Å². The van der Waals surface area contributed by atoms with Crippen LogP contribution in [0.5, 0.6) is 0 Å². The molecule has 0 saturated carbocycles. The van der Waals surface area contributed by atoms with Crippen LogP contribution >= 0.6 is 0 Å². The summed E-state index contributed by atoms with van der Waals surface area (Å²) < 4.78 is 0. The molecule has 0 radical (unpaired) electrons. The number of hydrogen-bond acceptors (Lipinski definition) is 2. The van der Waals surface area contributed by atoms with Gasteiger partial charge in [0.05, 0.1) is 0 Å². The summed E-state index contributed by atoms with van der Waals surface area (Å²) in [5.74, 6) is 1.96. The summed E-state index contributed by atoms with van der Waals surface area (Å²) >= 11 is 0. The molecular weight excluding hydrogens is 152 g/mol. The summed E-state index contributed by atoms with van der Waals surface area (Å²) in [6, 6.07) is 0.412. The molecule has 1 saturated heterocycles. The lowest BCUT2D eigenvalue weighted by atomic mass is 10.1. The van der Waals surface area contributed by atoms with Crippen LogP contribution in [-0.4, -0.2) is 36.0 Å². The molecule has 0 aliphatic carbocycles. The predicted molar refractivity (Wildman–Crippen MR) is 47.5 cm³/mol. The van der Waals surface area contributed by atoms with Gasteiger partial charge in [0, 0.05) is 25.2 Å². The van der Waals surface area contributed by atoms with Crippen LogP contribution < -0.4 is 5.32 Å². The topological polar surface area (TPSA) is 32.3 Å². The number of hydrogen-bond donors (Lipinski definition) is 1. The minimum Gasteiger partial charge on any atom is -0.324 e. The van der Waals surface area contributed by atoms with Crippen molar-refractivity contribution in [2.75, 3.05) is 13.1 Å². The lowest BCUT2D eigenvalue weighted by molar-refractivity contribution is -0.130. The Morgan fingerprint density at radius 3 is 2.42 bits per heavy atom. The van der Waals surface area contributed by atoms with Crippen LogP contribution in [-0.2, 0) is 4.79 Å². The number of nitrogens with zero attached hydrogens (tertiary/aromatic N) is 1. The van der Waals surface area contributed by atoms with Gasteiger partial charge in [-0.05, 0) is 19.8 Å². The highest BCUT2D eigenvalue weighted by atomic mass is 16.2. The number of carbonyl (C=O) groups is 1. The number of terminal acetylenes is 1. The second-order valence-electron chi connectivity index (χ2n) is 3.21. The highest BCUT2D eigenvalue weighted by Gasteiger charge is 2.27. The molecule has 12 heavy (non-hydrogen) atoms. The van der Waals surface area contributed by atoms with E-state index in [4.69, 9.17) is 6.42 Å². The summed E-state index contributed by atoms with van der Waals surface area (Å²) in [7, 11) is 0. The normalized spacial score (nSPS) is 29.6. The zero-order valence-electron chi connectivity index (χ0n) is 7.50. The number of rotatable bonds is 0. The molecule has 0 aromatic carbocycles. The Morgan fingerprint density at radius 2 is 2.00 bits per heavy atom. The summed E-state index contributed by atoms with van der Waals surface area (Å²) in [4.78, 5) is 13.0. The van der Waals surface area contributed by atoms with E-state index in [9.17, 15) is 4.79 Å². The van der Waals surface area contributed by atoms with Gasteiger partial charge in [-0.3, -0.25) is 4.79 Å². The zero-order chi connectivity index (χ0) is 9.14. The fourth-order valence-corrected chi connectivity index (χ4v) is 1.61. The van der Waals surface area contributed by atoms with Gasteiger partial charge in [0.1, 0.15) is 0 Å². The molecule has 1 heterocycles. The monoisotopic (exact) mass is 166 g/mol. The van der Waals surface area contributed by atoms with Crippen molar-refractivity contribution in [2.24, 2.45) is 0 Å². The third kappa shape index (κ3) is 1.59. The quantitative estimate of drug-likeness (QED) is 0.507. The molecule has 2 atom stereocenters. The van der Waals surface area contributed by atoms with E-state index in [0.29, 0.717) is 0 Å². The van der Waals surface area contributed by atoms with E-state index in [1.807, 2.05) is 13.8 Å². The average Bonchev–Trinajstić information content (AvgIpc) is 2.03. The fourth-order valence-electron chi connectivity index (χ4n) is 1.61. The van der Waals surface area contributed by atoms with E-state index in [1.165, 1.54) is 0 Å². The molecule has 66 valence electrons. The summed E-state index contributed by atoms with van der Waals surface area (Å²) in [6.45, 7) is 5.66. The van der Waals surface area contributed by atoms with Crippen molar-refractivity contribution in [1.82, 2.24) is 10.2 Å². The van der Waals surface area contributed by atoms with E-state index >= 15 is 0 Å². The second kappa shape index (κ2) is 3.59. The van der Waals surface area contributed by atoms with Gasteiger partial charge >= 0.3 is 0 Å². The van der Waals surface area contributed by atoms with Crippen molar-refractivity contribution in [3.8, 4) is 12.3 Å². The van der Waals surface area contributed by atoms with E-state index in [-0.39, 0.29) is 18.0 Å². The smallest absolute Gasteiger partial charge is 0.298 e. The van der Waals surface area contributed by atoms with Gasteiger partial charge in [-0.1, -0.05) is 0 Å². The van der Waals surface area contributed by atoms with Gasteiger partial charge in [0.15, 0.2) is 0 Å². The Bertz CT molecular complexity index is 209. The Kier molecular flexibility index (Phi) is 2.72. The third-order valence-electron chi connectivity index (χ3n) is 2.19. The van der Waals surface area contributed by atoms with Gasteiger partial charge in [-0.2, -0.15) is 0 Å². The summed E-state index contributed by atoms with van der Waals surface area (Å²) in [6.07, 6.45) is 5.07. The van der Waals surface area contributed by atoms with E-state index in [0.717, 1.165) is 13.1 Å². The molecule has 0 spiro atoms. The number of piperazine rings is 1. The van der Waals surface area contributed by atoms with Crippen molar-refractivity contribution in [3.05, 3.63) is 0 Å². The first-order chi connectivity index (χ1) is 5.66. The minimum absolute atomic E-state index is 0.198. The Hall–Kier alpha value is -1.01. The SMILES string of the molecule is C#CC(=O)N1C(C)CNCC1C. The summed E-state index contributed by atoms with van der Waals surface area (Å²) in [5, 5.41) is 3.23. The molecule has 1 aliphatic rings. The van der Waals surface area contributed by atoms with Gasteiger partial charge in [-0.25, -0.2) is 0 Å². The molecule has 1 aliphatic heterocycles. The van der Waals surface area contributed by atoms with E-state index in [2.05, 4.69) is 11.2 Å². The molecule has 3 nitrogen and oxygen atoms in total. The molecule has 0 aromatic rings. The van der Waals surface area contributed by atoms with Crippen molar-refractivity contribution in [1.29, 1.82) is 0 Å². The lowest BCUT2D eigenvalue weighted by Crippen LogP contribution is -2.56. The largest absolute Gasteiger partial charge is 0.324 e. The third-order valence-corrected chi connectivity index (χ3v) is 2.19. The maximum atomic E-state index is 11.2. The lowest BCUT2D eigenvalue weighted by Gasteiger charge is -2.38. The molecule has 2 unspecified atom stereocenters. The average molecular weight is 166 g/mol. The maximum absolute atomic E-state index is 11.2. The van der Waals surface area contributed by atoms with Crippen molar-refractivity contribution < 1.29 is 4.79 Å².